The second-order valence-corrected chi connectivity index (χ2v) is 10.8. The number of carboxylic acids is 1. The van der Waals surface area contributed by atoms with Crippen LogP contribution in [0.1, 0.15) is 31.2 Å². The maximum absolute atomic E-state index is 12.5. The molecule has 2 N–H and O–H groups in total. The Kier molecular flexibility index (Phi) is 8.15. The van der Waals surface area contributed by atoms with Gasteiger partial charge in [0.15, 0.2) is 0 Å². The molecular formula is C24H15I2N3O6S. The molecule has 4 aromatic rings. The molecule has 1 heterocycles. The molecule has 0 unspecified atom stereocenters. The first-order valence-electron chi connectivity index (χ1n) is 10.2. The zero-order valence-electron chi connectivity index (χ0n) is 18.1. The van der Waals surface area contributed by atoms with E-state index in [-0.39, 0.29) is 17.9 Å². The van der Waals surface area contributed by atoms with Crippen LogP contribution in [0.2, 0.25) is 0 Å². The Morgan fingerprint density at radius 2 is 1.78 bits per heavy atom. The summed E-state index contributed by atoms with van der Waals surface area (Å²) < 4.78 is 8.41. The fraction of sp³-hybridized carbons (Fsp3) is 0.0417. The van der Waals surface area contributed by atoms with Crippen molar-refractivity contribution in [1.29, 1.82) is 0 Å². The second-order valence-electron chi connectivity index (χ2n) is 7.39. The topological polar surface area (TPSA) is 131 Å². The van der Waals surface area contributed by atoms with Gasteiger partial charge in [-0.3, -0.25) is 14.9 Å². The lowest BCUT2D eigenvalue weighted by Crippen LogP contribution is -2.16. The van der Waals surface area contributed by atoms with E-state index >= 15 is 0 Å². The van der Waals surface area contributed by atoms with E-state index in [0.717, 1.165) is 23.0 Å². The van der Waals surface area contributed by atoms with Gasteiger partial charge in [0.05, 0.1) is 28.7 Å². The predicted octanol–water partition coefficient (Wildman–Crippen LogP) is 6.06. The van der Waals surface area contributed by atoms with Crippen LogP contribution in [-0.4, -0.2) is 28.1 Å². The summed E-state index contributed by atoms with van der Waals surface area (Å²) in [5, 5.41) is 24.6. The Labute approximate surface area is 235 Å². The van der Waals surface area contributed by atoms with E-state index in [9.17, 15) is 19.7 Å². The van der Waals surface area contributed by atoms with Crippen LogP contribution >= 0.6 is 56.5 Å². The third-order valence-corrected chi connectivity index (χ3v) is 7.64. The van der Waals surface area contributed by atoms with Crippen LogP contribution in [0.25, 0.3) is 10.1 Å². The summed E-state index contributed by atoms with van der Waals surface area (Å²) in [5.41, 5.74) is 4.28. The molecule has 0 fully saturated rings. The van der Waals surface area contributed by atoms with Gasteiger partial charge in [0.25, 0.3) is 11.6 Å². The number of amides is 1. The van der Waals surface area contributed by atoms with E-state index in [1.54, 1.807) is 24.3 Å². The fourth-order valence-electron chi connectivity index (χ4n) is 3.17. The molecular weight excluding hydrogens is 712 g/mol. The van der Waals surface area contributed by atoms with E-state index in [0.29, 0.717) is 16.0 Å². The summed E-state index contributed by atoms with van der Waals surface area (Å²) in [6.07, 6.45) is 1.52. The molecule has 0 aliphatic rings. The highest BCUT2D eigenvalue weighted by atomic mass is 127. The first-order valence-corrected chi connectivity index (χ1v) is 13.1. The third kappa shape index (κ3) is 6.17. The number of hydrogen-bond donors (Lipinski definition) is 2. The van der Waals surface area contributed by atoms with E-state index in [2.05, 4.69) is 55.7 Å². The minimum Gasteiger partial charge on any atom is -0.487 e. The Morgan fingerprint density at radius 1 is 1.08 bits per heavy atom. The highest BCUT2D eigenvalue weighted by Gasteiger charge is 2.13. The number of non-ortho nitro benzene ring substituents is 1. The van der Waals surface area contributed by atoms with Gasteiger partial charge in [0.2, 0.25) is 0 Å². The molecule has 0 atom stereocenters. The van der Waals surface area contributed by atoms with Gasteiger partial charge < -0.3 is 9.84 Å². The van der Waals surface area contributed by atoms with Crippen molar-refractivity contribution in [3.05, 3.63) is 99.5 Å². The number of nitro benzene ring substituents is 1. The van der Waals surface area contributed by atoms with E-state index in [4.69, 9.17) is 9.84 Å². The van der Waals surface area contributed by atoms with Crippen molar-refractivity contribution in [1.82, 2.24) is 5.43 Å². The summed E-state index contributed by atoms with van der Waals surface area (Å²) >= 11 is 5.54. The van der Waals surface area contributed by atoms with E-state index < -0.39 is 16.8 Å². The molecule has 0 bridgehead atoms. The van der Waals surface area contributed by atoms with Gasteiger partial charge in [0.1, 0.15) is 12.4 Å². The first-order chi connectivity index (χ1) is 17.2. The minimum absolute atomic E-state index is 0.0296. The monoisotopic (exact) mass is 727 g/mol. The quantitative estimate of drug-likeness (QED) is 0.0983. The van der Waals surface area contributed by atoms with Crippen molar-refractivity contribution in [2.24, 2.45) is 5.10 Å². The Balaban J connectivity index is 1.39. The molecule has 9 nitrogen and oxygen atoms in total. The van der Waals surface area contributed by atoms with Crippen LogP contribution in [-0.2, 0) is 6.61 Å². The first kappa shape index (κ1) is 26.0. The lowest BCUT2D eigenvalue weighted by molar-refractivity contribution is -0.384. The highest BCUT2D eigenvalue weighted by Crippen LogP contribution is 2.30. The fourth-order valence-corrected chi connectivity index (χ4v) is 6.23. The van der Waals surface area contributed by atoms with Crippen molar-refractivity contribution in [3.8, 4) is 5.75 Å². The molecule has 0 radical (unpaired) electrons. The number of fused-ring (bicyclic) bond motifs is 1. The third-order valence-electron chi connectivity index (χ3n) is 4.92. The maximum atomic E-state index is 12.5. The van der Waals surface area contributed by atoms with Gasteiger partial charge in [-0.25, -0.2) is 10.2 Å². The van der Waals surface area contributed by atoms with Crippen LogP contribution in [0.3, 0.4) is 0 Å². The van der Waals surface area contributed by atoms with Gasteiger partial charge in [-0.2, -0.15) is 5.10 Å². The molecule has 182 valence electrons. The molecule has 12 heteroatoms. The average Bonchev–Trinajstić information content (AvgIpc) is 3.27. The zero-order valence-corrected chi connectivity index (χ0v) is 23.2. The van der Waals surface area contributed by atoms with Crippen molar-refractivity contribution in [2.75, 3.05) is 0 Å². The number of nitrogens with zero attached hydrogens (tertiary/aromatic N) is 2. The number of thiophene rings is 1. The molecule has 36 heavy (non-hydrogen) atoms. The van der Waals surface area contributed by atoms with Crippen LogP contribution in [0.5, 0.6) is 5.75 Å². The Morgan fingerprint density at radius 3 is 2.42 bits per heavy atom. The SMILES string of the molecule is O=C(O)c1ccc(COc2c(I)cc(/C=N\NC(=O)c3cc4cc([N+](=O)[O-])ccc4s3)cc2I)cc1. The molecule has 0 spiro atoms. The van der Waals surface area contributed by atoms with Gasteiger partial charge in [0, 0.05) is 22.2 Å². The second kappa shape index (κ2) is 11.3. The summed E-state index contributed by atoms with van der Waals surface area (Å²) in [6.45, 7) is 0.285. The number of nitrogens with one attached hydrogen (secondary N) is 1. The lowest BCUT2D eigenvalue weighted by atomic mass is 10.1. The van der Waals surface area contributed by atoms with Crippen LogP contribution in [0.15, 0.2) is 65.8 Å². The number of aromatic carboxylic acids is 1. The largest absolute Gasteiger partial charge is 0.487 e. The Bertz CT molecular complexity index is 1500. The number of halogens is 2. The number of carbonyl (C=O) groups is 2. The molecule has 0 saturated heterocycles. The number of hydrazone groups is 1. The number of ether oxygens (including phenoxy) is 1. The summed E-state index contributed by atoms with van der Waals surface area (Å²) in [6, 6.07) is 16.3. The number of nitro groups is 1. The predicted molar refractivity (Wildman–Crippen MR) is 153 cm³/mol. The minimum atomic E-state index is -0.977. The number of carboxylic acid groups (broad SMARTS) is 1. The molecule has 1 amide bonds. The van der Waals surface area contributed by atoms with Gasteiger partial charge >= 0.3 is 5.97 Å². The maximum Gasteiger partial charge on any atom is 0.335 e. The smallest absolute Gasteiger partial charge is 0.335 e. The van der Waals surface area contributed by atoms with Crippen molar-refractivity contribution >= 4 is 90.4 Å². The number of hydrogen-bond acceptors (Lipinski definition) is 7. The van der Waals surface area contributed by atoms with Crippen molar-refractivity contribution in [2.45, 2.75) is 6.61 Å². The van der Waals surface area contributed by atoms with Crippen molar-refractivity contribution < 1.29 is 24.4 Å². The summed E-state index contributed by atoms with van der Waals surface area (Å²) in [7, 11) is 0. The molecule has 0 aliphatic heterocycles. The standard InChI is InChI=1S/C24H15I2N3O6S/c25-18-7-14(8-19(26)22(18)35-12-13-1-3-15(4-2-13)24(31)32)11-27-28-23(30)21-10-16-9-17(29(33)34)5-6-20(16)36-21/h1-11H,12H2,(H,28,30)(H,31,32)/b27-11-. The van der Waals surface area contributed by atoms with Gasteiger partial charge in [-0.05, 0) is 92.7 Å². The van der Waals surface area contributed by atoms with Gasteiger partial charge in [-0.1, -0.05) is 12.1 Å². The summed E-state index contributed by atoms with van der Waals surface area (Å²) in [4.78, 5) is 34.3. The average molecular weight is 727 g/mol. The van der Waals surface area contributed by atoms with Crippen LogP contribution in [0.4, 0.5) is 5.69 Å². The normalized spacial score (nSPS) is 11.1. The number of benzene rings is 3. The summed E-state index contributed by atoms with van der Waals surface area (Å²) in [5.74, 6) is -0.692. The van der Waals surface area contributed by atoms with E-state index in [1.807, 2.05) is 12.1 Å². The Hall–Kier alpha value is -3.11. The van der Waals surface area contributed by atoms with Gasteiger partial charge in [-0.15, -0.1) is 11.3 Å². The van der Waals surface area contributed by atoms with Crippen LogP contribution in [0, 0.1) is 17.3 Å². The molecule has 3 aromatic carbocycles. The van der Waals surface area contributed by atoms with E-state index in [1.165, 1.54) is 41.8 Å². The zero-order chi connectivity index (χ0) is 25.8. The number of carbonyl (C=O) groups excluding carboxylic acids is 1. The molecule has 4 rings (SSSR count). The molecule has 0 saturated carbocycles. The highest BCUT2D eigenvalue weighted by molar-refractivity contribution is 14.1. The molecule has 0 aliphatic carbocycles. The number of rotatable bonds is 8. The molecule has 1 aromatic heterocycles. The van der Waals surface area contributed by atoms with Crippen LogP contribution < -0.4 is 10.2 Å². The lowest BCUT2D eigenvalue weighted by Gasteiger charge is -2.11. The van der Waals surface area contributed by atoms with Crippen molar-refractivity contribution in [3.63, 3.8) is 0 Å².